The van der Waals surface area contributed by atoms with Gasteiger partial charge in [0.25, 0.3) is 0 Å². The summed E-state index contributed by atoms with van der Waals surface area (Å²) >= 11 is 0. The lowest BCUT2D eigenvalue weighted by Gasteiger charge is -2.20. The number of sulfonamides is 1. The molecule has 0 amide bonds. The summed E-state index contributed by atoms with van der Waals surface area (Å²) in [6, 6.07) is 15.7. The largest absolute Gasteiger partial charge is 0.478 e. The number of rotatable bonds is 7. The molecule has 3 rings (SSSR count). The van der Waals surface area contributed by atoms with E-state index in [0.29, 0.717) is 6.54 Å². The Morgan fingerprint density at radius 2 is 1.89 bits per heavy atom. The first-order valence-electron chi connectivity index (χ1n) is 9.26. The van der Waals surface area contributed by atoms with Crippen molar-refractivity contribution in [3.63, 3.8) is 0 Å². The summed E-state index contributed by atoms with van der Waals surface area (Å²) in [6.45, 7) is 4.68. The molecule has 2 atom stereocenters. The van der Waals surface area contributed by atoms with E-state index >= 15 is 0 Å². The Labute approximate surface area is 165 Å². The second-order valence-corrected chi connectivity index (χ2v) is 9.33. The van der Waals surface area contributed by atoms with E-state index in [2.05, 4.69) is 0 Å². The van der Waals surface area contributed by atoms with Crippen molar-refractivity contribution in [2.45, 2.75) is 31.7 Å². The minimum Gasteiger partial charge on any atom is -0.478 e. The van der Waals surface area contributed by atoms with Crippen molar-refractivity contribution in [3.8, 4) is 0 Å². The molecule has 6 nitrogen and oxygen atoms in total. The summed E-state index contributed by atoms with van der Waals surface area (Å²) in [6.07, 6.45) is 0. The maximum absolute atomic E-state index is 13.1. The Balaban J connectivity index is 1.76. The first-order valence-corrected chi connectivity index (χ1v) is 10.8. The van der Waals surface area contributed by atoms with Gasteiger partial charge in [-0.1, -0.05) is 42.5 Å². The summed E-state index contributed by atoms with van der Waals surface area (Å²) in [5.74, 6) is -1.18. The topological polar surface area (TPSA) is 83.9 Å². The predicted molar refractivity (Wildman–Crippen MR) is 106 cm³/mol. The van der Waals surface area contributed by atoms with Crippen molar-refractivity contribution < 1.29 is 23.1 Å². The van der Waals surface area contributed by atoms with Gasteiger partial charge in [0.15, 0.2) is 0 Å². The molecule has 2 aromatic rings. The molecule has 0 radical (unpaired) electrons. The molecule has 0 aromatic heterocycles. The first kappa shape index (κ1) is 20.5. The number of carbonyl (C=O) groups is 1. The van der Waals surface area contributed by atoms with Crippen molar-refractivity contribution in [1.29, 1.82) is 0 Å². The van der Waals surface area contributed by atoms with Crippen LogP contribution in [-0.2, 0) is 21.4 Å². The van der Waals surface area contributed by atoms with Crippen LogP contribution in [0.3, 0.4) is 0 Å². The number of ether oxygens (including phenoxy) is 1. The molecule has 1 heterocycles. The molecule has 0 spiro atoms. The van der Waals surface area contributed by atoms with Crippen molar-refractivity contribution in [3.05, 3.63) is 71.3 Å². The van der Waals surface area contributed by atoms with Crippen LogP contribution >= 0.6 is 0 Å². The number of hydrogen-bond acceptors (Lipinski definition) is 4. The monoisotopic (exact) mass is 403 g/mol. The third kappa shape index (κ3) is 4.27. The second kappa shape index (κ2) is 8.43. The SMILES string of the molecule is CC(C)N1C[C@@H](COCc2cccc(C(=O)O)c2)[C@H](c2ccccc2)S1(=O)=O. The third-order valence-corrected chi connectivity index (χ3v) is 7.49. The van der Waals surface area contributed by atoms with Gasteiger partial charge in [0.05, 0.1) is 18.8 Å². The fourth-order valence-corrected chi connectivity index (χ4v) is 6.10. The molecular weight excluding hydrogens is 378 g/mol. The number of carboxylic acids is 1. The van der Waals surface area contributed by atoms with Gasteiger partial charge in [0.1, 0.15) is 5.25 Å². The highest BCUT2D eigenvalue weighted by atomic mass is 32.2. The second-order valence-electron chi connectivity index (χ2n) is 7.32. The average molecular weight is 404 g/mol. The van der Waals surface area contributed by atoms with Crippen LogP contribution in [0, 0.1) is 5.92 Å². The molecule has 1 aliphatic rings. The molecule has 0 aliphatic carbocycles. The summed E-state index contributed by atoms with van der Waals surface area (Å²) in [5, 5.41) is 8.46. The number of nitrogens with zero attached hydrogens (tertiary/aromatic N) is 1. The molecule has 1 saturated heterocycles. The number of benzene rings is 2. The quantitative estimate of drug-likeness (QED) is 0.767. The minimum absolute atomic E-state index is 0.117. The third-order valence-electron chi connectivity index (χ3n) is 4.97. The Bertz CT molecular complexity index is 927. The molecule has 150 valence electrons. The van der Waals surface area contributed by atoms with Gasteiger partial charge in [0.2, 0.25) is 10.0 Å². The van der Waals surface area contributed by atoms with Gasteiger partial charge in [-0.05, 0) is 37.1 Å². The van der Waals surface area contributed by atoms with Crippen LogP contribution in [0.1, 0.15) is 40.6 Å². The van der Waals surface area contributed by atoms with E-state index in [-0.39, 0.29) is 30.7 Å². The van der Waals surface area contributed by atoms with Gasteiger partial charge in [-0.3, -0.25) is 0 Å². The fourth-order valence-electron chi connectivity index (χ4n) is 3.67. The van der Waals surface area contributed by atoms with E-state index in [9.17, 15) is 13.2 Å². The van der Waals surface area contributed by atoms with Crippen LogP contribution in [0.15, 0.2) is 54.6 Å². The lowest BCUT2D eigenvalue weighted by Crippen LogP contribution is -2.33. The van der Waals surface area contributed by atoms with E-state index in [1.54, 1.807) is 22.5 Å². The zero-order valence-electron chi connectivity index (χ0n) is 16.0. The minimum atomic E-state index is -3.47. The van der Waals surface area contributed by atoms with Crippen molar-refractivity contribution in [2.24, 2.45) is 5.92 Å². The van der Waals surface area contributed by atoms with Gasteiger partial charge in [-0.15, -0.1) is 0 Å². The Morgan fingerprint density at radius 3 is 2.54 bits per heavy atom. The van der Waals surface area contributed by atoms with Crippen molar-refractivity contribution >= 4 is 16.0 Å². The van der Waals surface area contributed by atoms with Crippen molar-refractivity contribution in [1.82, 2.24) is 4.31 Å². The summed E-state index contributed by atoms with van der Waals surface area (Å²) < 4.78 is 33.6. The molecule has 1 N–H and O–H groups in total. The smallest absolute Gasteiger partial charge is 0.335 e. The van der Waals surface area contributed by atoms with E-state index in [4.69, 9.17) is 9.84 Å². The highest BCUT2D eigenvalue weighted by molar-refractivity contribution is 7.89. The van der Waals surface area contributed by atoms with Crippen molar-refractivity contribution in [2.75, 3.05) is 13.2 Å². The number of hydrogen-bond donors (Lipinski definition) is 1. The highest BCUT2D eigenvalue weighted by Gasteiger charge is 2.47. The number of carboxylic acid groups (broad SMARTS) is 1. The van der Waals surface area contributed by atoms with Crippen LogP contribution in [-0.4, -0.2) is 43.0 Å². The highest BCUT2D eigenvalue weighted by Crippen LogP contribution is 2.41. The zero-order chi connectivity index (χ0) is 20.3. The Morgan fingerprint density at radius 1 is 1.18 bits per heavy atom. The van der Waals surface area contributed by atoms with Crippen LogP contribution in [0.4, 0.5) is 0 Å². The van der Waals surface area contributed by atoms with Gasteiger partial charge < -0.3 is 9.84 Å². The van der Waals surface area contributed by atoms with Gasteiger partial charge in [-0.2, -0.15) is 4.31 Å². The molecule has 0 unspecified atom stereocenters. The molecule has 1 fully saturated rings. The molecule has 0 bridgehead atoms. The molecule has 1 aliphatic heterocycles. The van der Waals surface area contributed by atoms with E-state index < -0.39 is 21.2 Å². The predicted octanol–water partition coefficient (Wildman–Crippen LogP) is 3.31. The number of aromatic carboxylic acids is 1. The van der Waals surface area contributed by atoms with E-state index in [0.717, 1.165) is 11.1 Å². The lowest BCUT2D eigenvalue weighted by atomic mass is 9.99. The maximum Gasteiger partial charge on any atom is 0.335 e. The van der Waals surface area contributed by atoms with Crippen LogP contribution in [0.2, 0.25) is 0 Å². The van der Waals surface area contributed by atoms with Crippen LogP contribution < -0.4 is 0 Å². The summed E-state index contributed by atoms with van der Waals surface area (Å²) in [7, 11) is -3.47. The fraction of sp³-hybridized carbons (Fsp3) is 0.381. The lowest BCUT2D eigenvalue weighted by molar-refractivity contribution is 0.0695. The van der Waals surface area contributed by atoms with Gasteiger partial charge >= 0.3 is 5.97 Å². The van der Waals surface area contributed by atoms with Crippen LogP contribution in [0.5, 0.6) is 0 Å². The first-order chi connectivity index (χ1) is 13.3. The summed E-state index contributed by atoms with van der Waals surface area (Å²) in [4.78, 5) is 11.1. The molecule has 2 aromatic carbocycles. The average Bonchev–Trinajstić information content (AvgIpc) is 2.93. The summed E-state index contributed by atoms with van der Waals surface area (Å²) in [5.41, 5.74) is 1.72. The van der Waals surface area contributed by atoms with Gasteiger partial charge in [0, 0.05) is 18.5 Å². The maximum atomic E-state index is 13.1. The molecule has 28 heavy (non-hydrogen) atoms. The van der Waals surface area contributed by atoms with Gasteiger partial charge in [-0.25, -0.2) is 13.2 Å². The molecule has 0 saturated carbocycles. The Kier molecular flexibility index (Phi) is 6.17. The molecular formula is C21H25NO5S. The Hall–Kier alpha value is -2.22. The molecule has 7 heteroatoms. The standard InChI is InChI=1S/C21H25NO5S/c1-15(2)22-12-19(20(28(22,25)26)17-8-4-3-5-9-17)14-27-13-16-7-6-10-18(11-16)21(23)24/h3-11,15,19-20H,12-14H2,1-2H3,(H,23,24)/t19-,20-/m0/s1. The van der Waals surface area contributed by atoms with E-state index in [1.807, 2.05) is 44.2 Å². The normalized spacial score (nSPS) is 21.8. The van der Waals surface area contributed by atoms with E-state index in [1.165, 1.54) is 6.07 Å². The zero-order valence-corrected chi connectivity index (χ0v) is 16.8. The van der Waals surface area contributed by atoms with Crippen LogP contribution in [0.25, 0.3) is 0 Å².